The van der Waals surface area contributed by atoms with Crippen molar-refractivity contribution in [1.29, 1.82) is 0 Å². The van der Waals surface area contributed by atoms with Gasteiger partial charge in [-0.15, -0.1) is 0 Å². The van der Waals surface area contributed by atoms with Crippen LogP contribution >= 0.6 is 0 Å². The average Bonchev–Trinajstić information content (AvgIpc) is 2.43. The molecule has 0 saturated heterocycles. The molecule has 0 spiro atoms. The molecule has 0 amide bonds. The molecule has 0 N–H and O–H groups in total. The van der Waals surface area contributed by atoms with Crippen LogP contribution in [0.5, 0.6) is 0 Å². The lowest BCUT2D eigenvalue weighted by Gasteiger charge is -2.43. The van der Waals surface area contributed by atoms with E-state index in [2.05, 4.69) is 0 Å². The molecule has 0 unspecified atom stereocenters. The standard InChI is InChI=1S/C12H9F15/c1-2-3-4-5-6(13,14)8(16,17)10(20,21)9(18,19)7(15,11(22,23)24)12(25,26)27/h2-3H,4-5H2,1H3. The lowest BCUT2D eigenvalue weighted by molar-refractivity contribution is -0.457. The van der Waals surface area contributed by atoms with Gasteiger partial charge in [-0.1, -0.05) is 12.2 Å². The fourth-order valence-electron chi connectivity index (χ4n) is 1.75. The largest absolute Gasteiger partial charge is 0.438 e. The van der Waals surface area contributed by atoms with Crippen LogP contribution in [0.2, 0.25) is 0 Å². The average molecular weight is 438 g/mol. The van der Waals surface area contributed by atoms with Gasteiger partial charge in [-0.05, 0) is 13.3 Å². The van der Waals surface area contributed by atoms with Crippen molar-refractivity contribution in [3.63, 3.8) is 0 Å². The maximum atomic E-state index is 13.3. The van der Waals surface area contributed by atoms with Crippen LogP contribution in [-0.4, -0.2) is 41.7 Å². The van der Waals surface area contributed by atoms with Gasteiger partial charge in [-0.2, -0.15) is 61.5 Å². The number of allylic oxidation sites excluding steroid dienone is 2. The van der Waals surface area contributed by atoms with Gasteiger partial charge < -0.3 is 0 Å². The molecule has 0 nitrogen and oxygen atoms in total. The van der Waals surface area contributed by atoms with E-state index in [-0.39, 0.29) is 0 Å². The molecule has 0 aromatic rings. The van der Waals surface area contributed by atoms with E-state index in [1.165, 1.54) is 0 Å². The Hall–Kier alpha value is -1.31. The Morgan fingerprint density at radius 2 is 0.926 bits per heavy atom. The lowest BCUT2D eigenvalue weighted by atomic mass is 9.85. The van der Waals surface area contributed by atoms with Crippen LogP contribution in [0.1, 0.15) is 19.8 Å². The van der Waals surface area contributed by atoms with Crippen molar-refractivity contribution in [2.45, 2.75) is 61.5 Å². The van der Waals surface area contributed by atoms with Gasteiger partial charge in [0.2, 0.25) is 0 Å². The van der Waals surface area contributed by atoms with Crippen LogP contribution in [0.4, 0.5) is 65.9 Å². The van der Waals surface area contributed by atoms with Crippen molar-refractivity contribution >= 4 is 0 Å². The Labute approximate surface area is 141 Å². The van der Waals surface area contributed by atoms with Gasteiger partial charge >= 0.3 is 41.7 Å². The predicted molar refractivity (Wildman–Crippen MR) is 59.8 cm³/mol. The number of rotatable bonds is 7. The molecule has 15 heteroatoms. The third-order valence-corrected chi connectivity index (χ3v) is 3.32. The van der Waals surface area contributed by atoms with Crippen LogP contribution in [0.15, 0.2) is 12.2 Å². The smallest absolute Gasteiger partial charge is 0.216 e. The highest BCUT2D eigenvalue weighted by Gasteiger charge is 2.95. The van der Waals surface area contributed by atoms with Crippen molar-refractivity contribution in [2.24, 2.45) is 0 Å². The fraction of sp³-hybridized carbons (Fsp3) is 0.833. The van der Waals surface area contributed by atoms with Gasteiger partial charge in [0.15, 0.2) is 0 Å². The van der Waals surface area contributed by atoms with E-state index >= 15 is 0 Å². The molecule has 0 saturated carbocycles. The summed E-state index contributed by atoms with van der Waals surface area (Å²) in [7, 11) is 0. The van der Waals surface area contributed by atoms with Crippen LogP contribution in [0, 0.1) is 0 Å². The summed E-state index contributed by atoms with van der Waals surface area (Å²) in [6.07, 6.45) is -17.8. The first-order valence-corrected chi connectivity index (χ1v) is 6.51. The number of alkyl halides is 15. The maximum absolute atomic E-state index is 13.3. The first-order chi connectivity index (χ1) is 11.6. The number of halogens is 15. The van der Waals surface area contributed by atoms with Gasteiger partial charge in [-0.25, -0.2) is 4.39 Å². The van der Waals surface area contributed by atoms with Gasteiger partial charge in [0.25, 0.3) is 0 Å². The summed E-state index contributed by atoms with van der Waals surface area (Å²) < 4.78 is 193. The maximum Gasteiger partial charge on any atom is 0.438 e. The molecule has 0 atom stereocenters. The molecule has 0 rings (SSSR count). The summed E-state index contributed by atoms with van der Waals surface area (Å²) in [6.45, 7) is 1.13. The van der Waals surface area contributed by atoms with Crippen molar-refractivity contribution in [3.8, 4) is 0 Å². The Bertz CT molecular complexity index is 522. The molecule has 0 bridgehead atoms. The lowest BCUT2D eigenvalue weighted by Crippen LogP contribution is -2.75. The summed E-state index contributed by atoms with van der Waals surface area (Å²) in [5.41, 5.74) is -8.24. The van der Waals surface area contributed by atoms with Gasteiger partial charge in [-0.3, -0.25) is 0 Å². The summed E-state index contributed by atoms with van der Waals surface area (Å²) >= 11 is 0. The van der Waals surface area contributed by atoms with E-state index < -0.39 is 54.6 Å². The van der Waals surface area contributed by atoms with Crippen molar-refractivity contribution in [2.75, 3.05) is 0 Å². The molecule has 0 fully saturated rings. The summed E-state index contributed by atoms with van der Waals surface area (Å²) in [4.78, 5) is 0. The van der Waals surface area contributed by atoms with E-state index in [1.54, 1.807) is 0 Å². The minimum atomic E-state index is -8.34. The first-order valence-electron chi connectivity index (χ1n) is 6.51. The van der Waals surface area contributed by atoms with Gasteiger partial charge in [0, 0.05) is 6.42 Å². The minimum Gasteiger partial charge on any atom is -0.216 e. The molecule has 0 aromatic carbocycles. The molecular formula is C12H9F15. The van der Waals surface area contributed by atoms with Crippen molar-refractivity contribution < 1.29 is 65.9 Å². The van der Waals surface area contributed by atoms with E-state index in [1.807, 2.05) is 0 Å². The van der Waals surface area contributed by atoms with Crippen molar-refractivity contribution in [1.82, 2.24) is 0 Å². The molecular weight excluding hydrogens is 429 g/mol. The van der Waals surface area contributed by atoms with E-state index in [0.29, 0.717) is 6.08 Å². The van der Waals surface area contributed by atoms with Crippen LogP contribution in [0.25, 0.3) is 0 Å². The molecule has 27 heavy (non-hydrogen) atoms. The van der Waals surface area contributed by atoms with Crippen LogP contribution in [-0.2, 0) is 0 Å². The fourth-order valence-corrected chi connectivity index (χ4v) is 1.75. The molecule has 0 heterocycles. The van der Waals surface area contributed by atoms with Crippen molar-refractivity contribution in [3.05, 3.63) is 12.2 Å². The second kappa shape index (κ2) is 6.94. The second-order valence-electron chi connectivity index (χ2n) is 5.19. The van der Waals surface area contributed by atoms with Crippen LogP contribution in [0.3, 0.4) is 0 Å². The number of hydrogen-bond donors (Lipinski definition) is 0. The molecule has 0 aliphatic carbocycles. The normalized spacial score (nSPS) is 16.3. The zero-order chi connectivity index (χ0) is 22.3. The molecule has 162 valence electrons. The van der Waals surface area contributed by atoms with E-state index in [9.17, 15) is 65.9 Å². The number of hydrogen-bond acceptors (Lipinski definition) is 0. The highest BCUT2D eigenvalue weighted by molar-refractivity contribution is 5.16. The second-order valence-corrected chi connectivity index (χ2v) is 5.19. The molecule has 0 aliphatic heterocycles. The quantitative estimate of drug-likeness (QED) is 0.306. The van der Waals surface area contributed by atoms with Gasteiger partial charge in [0.05, 0.1) is 0 Å². The Kier molecular flexibility index (Phi) is 6.60. The molecule has 0 aromatic heterocycles. The van der Waals surface area contributed by atoms with Crippen LogP contribution < -0.4 is 0 Å². The predicted octanol–water partition coefficient (Wildman–Crippen LogP) is 6.72. The topological polar surface area (TPSA) is 0 Å². The Balaban J connectivity index is 6.51. The highest BCUT2D eigenvalue weighted by Crippen LogP contribution is 2.64. The highest BCUT2D eigenvalue weighted by atomic mass is 19.4. The Morgan fingerprint density at radius 1 is 0.556 bits per heavy atom. The summed E-state index contributed by atoms with van der Waals surface area (Å²) in [5, 5.41) is 0. The monoisotopic (exact) mass is 438 g/mol. The van der Waals surface area contributed by atoms with E-state index in [4.69, 9.17) is 0 Å². The SMILES string of the molecule is CC=CCCC(F)(F)C(F)(F)C(F)(F)C(F)(F)C(F)(C(F)(F)F)C(F)(F)F. The summed E-state index contributed by atoms with van der Waals surface area (Å²) in [5.74, 6) is -30.1. The molecule has 0 aliphatic rings. The first kappa shape index (κ1) is 25.7. The Morgan fingerprint density at radius 3 is 1.22 bits per heavy atom. The zero-order valence-corrected chi connectivity index (χ0v) is 12.7. The van der Waals surface area contributed by atoms with Gasteiger partial charge in [0.1, 0.15) is 0 Å². The third-order valence-electron chi connectivity index (χ3n) is 3.32. The summed E-state index contributed by atoms with van der Waals surface area (Å²) in [6, 6.07) is 0. The minimum absolute atomic E-state index is 0.644. The third kappa shape index (κ3) is 3.69. The molecule has 0 radical (unpaired) electrons. The zero-order valence-electron chi connectivity index (χ0n) is 12.7. The van der Waals surface area contributed by atoms with E-state index in [0.717, 1.165) is 13.0 Å².